The van der Waals surface area contributed by atoms with Gasteiger partial charge in [-0.25, -0.2) is 18.2 Å². The van der Waals surface area contributed by atoms with E-state index in [1.165, 1.54) is 19.4 Å². The van der Waals surface area contributed by atoms with Crippen LogP contribution in [0.25, 0.3) is 0 Å². The topological polar surface area (TPSA) is 111 Å². The number of nitrogens with two attached hydrogens (primary N) is 1. The van der Waals surface area contributed by atoms with Crippen LogP contribution in [0.2, 0.25) is 0 Å². The molecule has 1 aliphatic rings. The van der Waals surface area contributed by atoms with E-state index in [1.54, 1.807) is 0 Å². The molecule has 7 nitrogen and oxygen atoms in total. The summed E-state index contributed by atoms with van der Waals surface area (Å²) in [4.78, 5) is 15.6. The lowest BCUT2D eigenvalue weighted by Crippen LogP contribution is -2.35. The quantitative estimate of drug-likeness (QED) is 0.779. The van der Waals surface area contributed by atoms with Crippen LogP contribution in [0.4, 0.5) is 11.5 Å². The van der Waals surface area contributed by atoms with Gasteiger partial charge in [-0.15, -0.1) is 0 Å². The molecular weight excluding hydrogens is 282 g/mol. The highest BCUT2D eigenvalue weighted by Crippen LogP contribution is 2.20. The summed E-state index contributed by atoms with van der Waals surface area (Å²) in [5.41, 5.74) is 6.09. The Morgan fingerprint density at radius 1 is 1.55 bits per heavy atom. The Morgan fingerprint density at radius 3 is 2.95 bits per heavy atom. The van der Waals surface area contributed by atoms with Gasteiger partial charge in [0.05, 0.1) is 36.1 Å². The number of esters is 1. The molecule has 20 heavy (non-hydrogen) atoms. The molecule has 0 saturated carbocycles. The minimum atomic E-state index is -3.00. The fourth-order valence-electron chi connectivity index (χ4n) is 2.18. The maximum Gasteiger partial charge on any atom is 0.340 e. The zero-order valence-electron chi connectivity index (χ0n) is 11.1. The minimum absolute atomic E-state index is 0.0760. The van der Waals surface area contributed by atoms with Crippen molar-refractivity contribution in [3.63, 3.8) is 0 Å². The molecule has 3 N–H and O–H groups in total. The van der Waals surface area contributed by atoms with Gasteiger partial charge in [0.25, 0.3) is 0 Å². The zero-order chi connectivity index (χ0) is 14.8. The van der Waals surface area contributed by atoms with Crippen molar-refractivity contribution in [1.82, 2.24) is 4.98 Å². The number of aromatic nitrogens is 1. The van der Waals surface area contributed by atoms with Crippen molar-refractivity contribution in [1.29, 1.82) is 0 Å². The van der Waals surface area contributed by atoms with Gasteiger partial charge >= 0.3 is 5.97 Å². The van der Waals surface area contributed by atoms with Gasteiger partial charge in [-0.05, 0) is 18.9 Å². The number of rotatable bonds is 3. The van der Waals surface area contributed by atoms with Crippen molar-refractivity contribution in [2.45, 2.75) is 18.9 Å². The number of carbonyl (C=O) groups excluding carboxylic acids is 1. The van der Waals surface area contributed by atoms with E-state index in [9.17, 15) is 13.2 Å². The number of nitrogens with one attached hydrogen (secondary N) is 1. The molecule has 1 aliphatic heterocycles. The Hall–Kier alpha value is -1.83. The Bertz CT molecular complexity index is 615. The highest BCUT2D eigenvalue weighted by atomic mass is 32.2. The summed E-state index contributed by atoms with van der Waals surface area (Å²) in [7, 11) is -1.73. The van der Waals surface area contributed by atoms with Crippen molar-refractivity contribution in [3.05, 3.63) is 17.8 Å². The molecule has 0 aliphatic carbocycles. The van der Waals surface area contributed by atoms with E-state index in [2.05, 4.69) is 15.0 Å². The number of ether oxygens (including phenoxy) is 1. The summed E-state index contributed by atoms with van der Waals surface area (Å²) in [6, 6.07) is 1.28. The third kappa shape index (κ3) is 3.38. The van der Waals surface area contributed by atoms with E-state index in [0.717, 1.165) is 6.42 Å². The maximum atomic E-state index is 11.6. The van der Waals surface area contributed by atoms with Crippen LogP contribution in [0.15, 0.2) is 12.3 Å². The first-order chi connectivity index (χ1) is 9.41. The first kappa shape index (κ1) is 14.6. The molecular formula is C12H17N3O4S. The van der Waals surface area contributed by atoms with Gasteiger partial charge in [-0.1, -0.05) is 0 Å². The lowest BCUT2D eigenvalue weighted by atomic mass is 10.1. The maximum absolute atomic E-state index is 11.6. The number of sulfone groups is 1. The number of hydrogen-bond donors (Lipinski definition) is 2. The molecule has 110 valence electrons. The van der Waals surface area contributed by atoms with E-state index in [4.69, 9.17) is 5.73 Å². The molecule has 0 radical (unpaired) electrons. The van der Waals surface area contributed by atoms with E-state index in [0.29, 0.717) is 12.2 Å². The predicted molar refractivity (Wildman–Crippen MR) is 75.3 cm³/mol. The number of methoxy groups -OCH3 is 1. The summed E-state index contributed by atoms with van der Waals surface area (Å²) in [5, 5.41) is 3.03. The molecule has 2 rings (SSSR count). The van der Waals surface area contributed by atoms with Crippen LogP contribution in [-0.2, 0) is 14.6 Å². The molecule has 0 amide bonds. The summed E-state index contributed by atoms with van der Waals surface area (Å²) < 4.78 is 27.8. The van der Waals surface area contributed by atoms with E-state index >= 15 is 0 Å². The molecule has 0 spiro atoms. The Morgan fingerprint density at radius 2 is 2.30 bits per heavy atom. The predicted octanol–water partition coefficient (Wildman–Crippen LogP) is 0.439. The smallest absolute Gasteiger partial charge is 0.340 e. The van der Waals surface area contributed by atoms with Crippen molar-refractivity contribution in [2.24, 2.45) is 0 Å². The van der Waals surface area contributed by atoms with Crippen LogP contribution < -0.4 is 11.1 Å². The molecule has 1 saturated heterocycles. The summed E-state index contributed by atoms with van der Waals surface area (Å²) in [6.07, 6.45) is 2.73. The lowest BCUT2D eigenvalue weighted by Gasteiger charge is -2.23. The summed E-state index contributed by atoms with van der Waals surface area (Å²) in [5.74, 6) is 0.173. The highest BCUT2D eigenvalue weighted by Gasteiger charge is 2.25. The number of anilines is 2. The Labute approximate surface area is 117 Å². The second kappa shape index (κ2) is 5.66. The molecule has 1 unspecified atom stereocenters. The Balaban J connectivity index is 2.16. The molecule has 1 atom stereocenters. The number of nitrogens with zero attached hydrogens (tertiary/aromatic N) is 1. The second-order valence-electron chi connectivity index (χ2n) is 4.75. The van der Waals surface area contributed by atoms with Gasteiger partial charge in [0.2, 0.25) is 0 Å². The van der Waals surface area contributed by atoms with Gasteiger partial charge in [0.1, 0.15) is 5.82 Å². The zero-order valence-corrected chi connectivity index (χ0v) is 11.9. The normalized spacial score (nSPS) is 21.1. The van der Waals surface area contributed by atoms with Crippen molar-refractivity contribution >= 4 is 27.3 Å². The lowest BCUT2D eigenvalue weighted by molar-refractivity contribution is 0.0602. The van der Waals surface area contributed by atoms with Crippen LogP contribution in [0.1, 0.15) is 23.2 Å². The molecule has 0 aromatic carbocycles. The van der Waals surface area contributed by atoms with Crippen molar-refractivity contribution < 1.29 is 17.9 Å². The summed E-state index contributed by atoms with van der Waals surface area (Å²) in [6.45, 7) is 0. The van der Waals surface area contributed by atoms with Crippen LogP contribution >= 0.6 is 0 Å². The number of pyridine rings is 1. The second-order valence-corrected chi connectivity index (χ2v) is 6.97. The van der Waals surface area contributed by atoms with Gasteiger partial charge in [0.15, 0.2) is 9.84 Å². The van der Waals surface area contributed by atoms with Gasteiger partial charge in [0, 0.05) is 6.04 Å². The average Bonchev–Trinajstić information content (AvgIpc) is 2.39. The van der Waals surface area contributed by atoms with Gasteiger partial charge in [-0.3, -0.25) is 0 Å². The minimum Gasteiger partial charge on any atom is -0.465 e. The molecule has 1 fully saturated rings. The first-order valence-corrected chi connectivity index (χ1v) is 8.04. The molecule has 1 aromatic rings. The fourth-order valence-corrected chi connectivity index (χ4v) is 3.81. The first-order valence-electron chi connectivity index (χ1n) is 6.22. The highest BCUT2D eigenvalue weighted by molar-refractivity contribution is 7.91. The standard InChI is InChI=1S/C12H17N3O4S/c1-19-12(16)9-5-11(14-6-10(9)13)15-8-3-2-4-20(17,18)7-8/h5-6,8H,2-4,7,13H2,1H3,(H,14,15). The Kier molecular flexibility index (Phi) is 4.12. The average molecular weight is 299 g/mol. The van der Waals surface area contributed by atoms with Crippen molar-refractivity contribution in [2.75, 3.05) is 29.7 Å². The molecule has 2 heterocycles. The third-order valence-electron chi connectivity index (χ3n) is 3.16. The summed E-state index contributed by atoms with van der Waals surface area (Å²) >= 11 is 0. The van der Waals surface area contributed by atoms with Crippen LogP contribution in [0, 0.1) is 0 Å². The largest absolute Gasteiger partial charge is 0.465 e. The fraction of sp³-hybridized carbons (Fsp3) is 0.500. The number of nitrogen functional groups attached to an aromatic ring is 1. The van der Waals surface area contributed by atoms with Crippen LogP contribution in [-0.4, -0.2) is 44.0 Å². The van der Waals surface area contributed by atoms with E-state index in [1.807, 2.05) is 0 Å². The third-order valence-corrected chi connectivity index (χ3v) is 4.98. The molecule has 8 heteroatoms. The van der Waals surface area contributed by atoms with Gasteiger partial charge < -0.3 is 15.8 Å². The monoisotopic (exact) mass is 299 g/mol. The molecule has 0 bridgehead atoms. The van der Waals surface area contributed by atoms with Crippen LogP contribution in [0.3, 0.4) is 0 Å². The van der Waals surface area contributed by atoms with Crippen molar-refractivity contribution in [3.8, 4) is 0 Å². The number of hydrogen-bond acceptors (Lipinski definition) is 7. The van der Waals surface area contributed by atoms with E-state index < -0.39 is 15.8 Å². The van der Waals surface area contributed by atoms with E-state index in [-0.39, 0.29) is 28.8 Å². The number of carbonyl (C=O) groups is 1. The van der Waals surface area contributed by atoms with Crippen LogP contribution in [0.5, 0.6) is 0 Å². The van der Waals surface area contributed by atoms with Gasteiger partial charge in [-0.2, -0.15) is 0 Å². The SMILES string of the molecule is COC(=O)c1cc(NC2CCCS(=O)(=O)C2)ncc1N. The molecule has 1 aromatic heterocycles.